The molecular formula is C16H30O. The molecule has 2 fully saturated rings. The van der Waals surface area contributed by atoms with Crippen LogP contribution in [-0.2, 0) is 0 Å². The van der Waals surface area contributed by atoms with Gasteiger partial charge in [0.05, 0.1) is 5.60 Å². The molecule has 2 aliphatic rings. The minimum Gasteiger partial charge on any atom is -0.389 e. The van der Waals surface area contributed by atoms with Gasteiger partial charge in [-0.2, -0.15) is 0 Å². The summed E-state index contributed by atoms with van der Waals surface area (Å²) in [6, 6.07) is 0. The second kappa shape index (κ2) is 4.91. The van der Waals surface area contributed by atoms with E-state index in [4.69, 9.17) is 0 Å². The van der Waals surface area contributed by atoms with Gasteiger partial charge in [-0.15, -0.1) is 0 Å². The number of hydrogen-bond donors (Lipinski definition) is 1. The SMILES string of the molecule is CC1CCC(O)(C2CC(C)CC(C)C2)C(C)C1. The van der Waals surface area contributed by atoms with Gasteiger partial charge in [-0.25, -0.2) is 0 Å². The van der Waals surface area contributed by atoms with Crippen LogP contribution in [0.2, 0.25) is 0 Å². The molecule has 17 heavy (non-hydrogen) atoms. The van der Waals surface area contributed by atoms with Gasteiger partial charge in [-0.1, -0.05) is 27.7 Å². The van der Waals surface area contributed by atoms with Crippen molar-refractivity contribution in [2.45, 2.75) is 71.8 Å². The lowest BCUT2D eigenvalue weighted by Crippen LogP contribution is -2.49. The van der Waals surface area contributed by atoms with E-state index in [1.807, 2.05) is 0 Å². The molecule has 1 heteroatoms. The summed E-state index contributed by atoms with van der Waals surface area (Å²) in [5, 5.41) is 11.1. The zero-order chi connectivity index (χ0) is 12.6. The molecule has 1 N–H and O–H groups in total. The van der Waals surface area contributed by atoms with Crippen LogP contribution in [0.3, 0.4) is 0 Å². The minimum atomic E-state index is -0.352. The Hall–Kier alpha value is -0.0400. The first kappa shape index (κ1) is 13.4. The first-order valence-electron chi connectivity index (χ1n) is 7.64. The van der Waals surface area contributed by atoms with Crippen molar-refractivity contribution < 1.29 is 5.11 Å². The van der Waals surface area contributed by atoms with E-state index in [0.29, 0.717) is 11.8 Å². The van der Waals surface area contributed by atoms with E-state index >= 15 is 0 Å². The summed E-state index contributed by atoms with van der Waals surface area (Å²) in [7, 11) is 0. The Morgan fingerprint density at radius 3 is 1.94 bits per heavy atom. The molecule has 100 valence electrons. The van der Waals surface area contributed by atoms with E-state index in [1.165, 1.54) is 32.1 Å². The van der Waals surface area contributed by atoms with E-state index in [0.717, 1.165) is 24.2 Å². The van der Waals surface area contributed by atoms with Crippen LogP contribution >= 0.6 is 0 Å². The largest absolute Gasteiger partial charge is 0.389 e. The van der Waals surface area contributed by atoms with Crippen LogP contribution in [0, 0.1) is 29.6 Å². The maximum Gasteiger partial charge on any atom is 0.0701 e. The average molecular weight is 238 g/mol. The summed E-state index contributed by atoms with van der Waals surface area (Å²) in [6.07, 6.45) is 7.34. The zero-order valence-electron chi connectivity index (χ0n) is 12.1. The van der Waals surface area contributed by atoms with Gasteiger partial charge in [-0.05, 0) is 68.1 Å². The third-order valence-corrected chi connectivity index (χ3v) is 5.53. The molecule has 5 unspecified atom stereocenters. The second-order valence-corrected chi connectivity index (χ2v) is 7.39. The molecule has 0 aromatic heterocycles. The molecule has 5 atom stereocenters. The molecule has 0 saturated heterocycles. The second-order valence-electron chi connectivity index (χ2n) is 7.39. The molecular weight excluding hydrogens is 208 g/mol. The first-order valence-corrected chi connectivity index (χ1v) is 7.64. The summed E-state index contributed by atoms with van der Waals surface area (Å²) in [6.45, 7) is 9.34. The first-order chi connectivity index (χ1) is 7.91. The lowest BCUT2D eigenvalue weighted by Gasteiger charge is -2.49. The molecule has 2 aliphatic carbocycles. The molecule has 0 aliphatic heterocycles. The Morgan fingerprint density at radius 2 is 1.41 bits per heavy atom. The van der Waals surface area contributed by atoms with Crippen LogP contribution in [0.4, 0.5) is 0 Å². The molecule has 0 spiro atoms. The number of aliphatic hydroxyl groups is 1. The molecule has 1 nitrogen and oxygen atoms in total. The molecule has 0 amide bonds. The van der Waals surface area contributed by atoms with Crippen molar-refractivity contribution in [3.63, 3.8) is 0 Å². The van der Waals surface area contributed by atoms with Crippen LogP contribution in [0.5, 0.6) is 0 Å². The summed E-state index contributed by atoms with van der Waals surface area (Å²) in [5.74, 6) is 3.47. The maximum atomic E-state index is 11.1. The fourth-order valence-corrected chi connectivity index (χ4v) is 4.61. The molecule has 0 bridgehead atoms. The van der Waals surface area contributed by atoms with E-state index in [1.54, 1.807) is 0 Å². The van der Waals surface area contributed by atoms with Crippen molar-refractivity contribution in [3.8, 4) is 0 Å². The summed E-state index contributed by atoms with van der Waals surface area (Å²) < 4.78 is 0. The highest BCUT2D eigenvalue weighted by Gasteiger charge is 2.46. The Balaban J connectivity index is 2.08. The molecule has 2 saturated carbocycles. The van der Waals surface area contributed by atoms with E-state index < -0.39 is 0 Å². The highest BCUT2D eigenvalue weighted by atomic mass is 16.3. The van der Waals surface area contributed by atoms with E-state index in [2.05, 4.69) is 27.7 Å². The van der Waals surface area contributed by atoms with Gasteiger partial charge in [-0.3, -0.25) is 0 Å². The van der Waals surface area contributed by atoms with Crippen LogP contribution in [0.15, 0.2) is 0 Å². The normalized spacial score (nSPS) is 52.4. The summed E-state index contributed by atoms with van der Waals surface area (Å²) in [5.41, 5.74) is -0.352. The van der Waals surface area contributed by atoms with Gasteiger partial charge in [0.1, 0.15) is 0 Å². The Bertz CT molecular complexity index is 252. The van der Waals surface area contributed by atoms with Crippen LogP contribution in [-0.4, -0.2) is 10.7 Å². The monoisotopic (exact) mass is 238 g/mol. The van der Waals surface area contributed by atoms with Crippen LogP contribution in [0.1, 0.15) is 66.2 Å². The fraction of sp³-hybridized carbons (Fsp3) is 1.00. The van der Waals surface area contributed by atoms with Crippen molar-refractivity contribution in [3.05, 3.63) is 0 Å². The van der Waals surface area contributed by atoms with Crippen LogP contribution in [0.25, 0.3) is 0 Å². The average Bonchev–Trinajstić information content (AvgIpc) is 2.22. The van der Waals surface area contributed by atoms with Crippen molar-refractivity contribution in [2.24, 2.45) is 29.6 Å². The Morgan fingerprint density at radius 1 is 0.824 bits per heavy atom. The van der Waals surface area contributed by atoms with Gasteiger partial charge >= 0.3 is 0 Å². The Labute approximate surface area is 107 Å². The number of hydrogen-bond acceptors (Lipinski definition) is 1. The molecule has 0 radical (unpaired) electrons. The lowest BCUT2D eigenvalue weighted by atomic mass is 9.60. The van der Waals surface area contributed by atoms with Gasteiger partial charge in [0.25, 0.3) is 0 Å². The predicted octanol–water partition coefficient (Wildman–Crippen LogP) is 4.25. The van der Waals surface area contributed by atoms with Gasteiger partial charge < -0.3 is 5.11 Å². The maximum absolute atomic E-state index is 11.1. The zero-order valence-corrected chi connectivity index (χ0v) is 12.1. The van der Waals surface area contributed by atoms with Crippen molar-refractivity contribution in [2.75, 3.05) is 0 Å². The van der Waals surface area contributed by atoms with Crippen LogP contribution < -0.4 is 0 Å². The molecule has 0 heterocycles. The minimum absolute atomic E-state index is 0.352. The van der Waals surface area contributed by atoms with E-state index in [-0.39, 0.29) is 5.60 Å². The lowest BCUT2D eigenvalue weighted by molar-refractivity contribution is -0.117. The van der Waals surface area contributed by atoms with Gasteiger partial charge in [0.15, 0.2) is 0 Å². The van der Waals surface area contributed by atoms with Crippen molar-refractivity contribution >= 4 is 0 Å². The quantitative estimate of drug-likeness (QED) is 0.724. The standard InChI is InChI=1S/C16H30O/c1-11-5-6-16(17,14(4)8-11)15-9-12(2)7-13(3)10-15/h11-15,17H,5-10H2,1-4H3. The topological polar surface area (TPSA) is 20.2 Å². The fourth-order valence-electron chi connectivity index (χ4n) is 4.61. The molecule has 2 rings (SSSR count). The highest BCUT2D eigenvalue weighted by molar-refractivity contribution is 4.97. The predicted molar refractivity (Wildman–Crippen MR) is 72.8 cm³/mol. The summed E-state index contributed by atoms with van der Waals surface area (Å²) >= 11 is 0. The third-order valence-electron chi connectivity index (χ3n) is 5.53. The Kier molecular flexibility index (Phi) is 3.87. The van der Waals surface area contributed by atoms with Crippen molar-refractivity contribution in [1.29, 1.82) is 0 Å². The molecule has 0 aromatic carbocycles. The number of rotatable bonds is 1. The van der Waals surface area contributed by atoms with Crippen molar-refractivity contribution in [1.82, 2.24) is 0 Å². The third kappa shape index (κ3) is 2.70. The smallest absolute Gasteiger partial charge is 0.0701 e. The van der Waals surface area contributed by atoms with E-state index in [9.17, 15) is 5.11 Å². The van der Waals surface area contributed by atoms with Gasteiger partial charge in [0.2, 0.25) is 0 Å². The summed E-state index contributed by atoms with van der Waals surface area (Å²) in [4.78, 5) is 0. The van der Waals surface area contributed by atoms with Gasteiger partial charge in [0, 0.05) is 0 Å². The highest BCUT2D eigenvalue weighted by Crippen LogP contribution is 2.48. The molecule has 0 aromatic rings.